The molecule has 0 aliphatic carbocycles. The molecule has 0 atom stereocenters. The van der Waals surface area contributed by atoms with E-state index in [1.807, 2.05) is 0 Å². The quantitative estimate of drug-likeness (QED) is 0.379. The molecule has 0 saturated carbocycles. The van der Waals surface area contributed by atoms with Crippen LogP contribution in [0.2, 0.25) is 0 Å². The number of nitrogens with zero attached hydrogens (tertiary/aromatic N) is 1. The maximum atomic E-state index is 12.8. The molecule has 0 aliphatic rings. The van der Waals surface area contributed by atoms with Crippen LogP contribution >= 0.6 is 0 Å². The van der Waals surface area contributed by atoms with Gasteiger partial charge in [-0.05, 0) is 49.2 Å². The highest BCUT2D eigenvalue weighted by Gasteiger charge is 2.05. The molecular formula is C19H22FN3O3. The van der Waals surface area contributed by atoms with Gasteiger partial charge in [0.05, 0.1) is 4.92 Å². The number of non-ortho nitro benzene ring substituents is 1. The summed E-state index contributed by atoms with van der Waals surface area (Å²) in [6.07, 6.45) is 3.87. The first-order valence-corrected chi connectivity index (χ1v) is 8.58. The molecular weight excluding hydrogens is 337 g/mol. The molecule has 7 heteroatoms. The van der Waals surface area contributed by atoms with Crippen LogP contribution in [0.25, 0.3) is 0 Å². The van der Waals surface area contributed by atoms with Gasteiger partial charge in [0.25, 0.3) is 11.6 Å². The fourth-order valence-corrected chi connectivity index (χ4v) is 2.44. The Morgan fingerprint density at radius 1 is 0.923 bits per heavy atom. The number of benzene rings is 2. The number of anilines is 1. The third-order valence-corrected chi connectivity index (χ3v) is 3.90. The maximum Gasteiger partial charge on any atom is 0.269 e. The lowest BCUT2D eigenvalue weighted by atomic mass is 10.1. The summed E-state index contributed by atoms with van der Waals surface area (Å²) in [5, 5.41) is 16.6. The Balaban J connectivity index is 1.52. The van der Waals surface area contributed by atoms with E-state index in [0.29, 0.717) is 12.1 Å². The van der Waals surface area contributed by atoms with Crippen LogP contribution in [0.15, 0.2) is 48.5 Å². The fourth-order valence-electron chi connectivity index (χ4n) is 2.44. The number of nitro benzene ring substituents is 1. The Morgan fingerprint density at radius 2 is 1.54 bits per heavy atom. The van der Waals surface area contributed by atoms with Crippen molar-refractivity contribution in [1.82, 2.24) is 5.32 Å². The lowest BCUT2D eigenvalue weighted by Gasteiger charge is -2.07. The number of nitro groups is 1. The van der Waals surface area contributed by atoms with E-state index in [1.54, 1.807) is 12.1 Å². The van der Waals surface area contributed by atoms with Crippen molar-refractivity contribution in [3.05, 3.63) is 70.0 Å². The number of hydrogen-bond acceptors (Lipinski definition) is 4. The van der Waals surface area contributed by atoms with Gasteiger partial charge in [0.2, 0.25) is 0 Å². The summed E-state index contributed by atoms with van der Waals surface area (Å²) < 4.78 is 12.8. The first-order chi connectivity index (χ1) is 12.6. The molecule has 0 aromatic heterocycles. The number of hydrogen-bond donors (Lipinski definition) is 2. The van der Waals surface area contributed by atoms with Crippen LogP contribution in [-0.4, -0.2) is 23.9 Å². The van der Waals surface area contributed by atoms with Gasteiger partial charge in [0, 0.05) is 36.5 Å². The highest BCUT2D eigenvalue weighted by atomic mass is 19.1. The van der Waals surface area contributed by atoms with Crippen molar-refractivity contribution in [3.63, 3.8) is 0 Å². The van der Waals surface area contributed by atoms with Crippen LogP contribution in [0.5, 0.6) is 0 Å². The van der Waals surface area contributed by atoms with E-state index >= 15 is 0 Å². The molecule has 0 aliphatic heterocycles. The SMILES string of the molecule is O=C(NCCCCCCNc1ccc([N+](=O)[O-])cc1)c1ccc(F)cc1. The molecule has 2 aromatic carbocycles. The first kappa shape index (κ1) is 19.4. The number of nitrogens with one attached hydrogen (secondary N) is 2. The summed E-state index contributed by atoms with van der Waals surface area (Å²) in [6, 6.07) is 11.8. The number of carbonyl (C=O) groups excluding carboxylic acids is 1. The summed E-state index contributed by atoms with van der Waals surface area (Å²) in [7, 11) is 0. The van der Waals surface area contributed by atoms with Crippen LogP contribution in [0.3, 0.4) is 0 Å². The predicted molar refractivity (Wildman–Crippen MR) is 98.8 cm³/mol. The molecule has 2 rings (SSSR count). The largest absolute Gasteiger partial charge is 0.385 e. The van der Waals surface area contributed by atoms with Gasteiger partial charge in [-0.2, -0.15) is 0 Å². The lowest BCUT2D eigenvalue weighted by Crippen LogP contribution is -2.24. The van der Waals surface area contributed by atoms with Crippen LogP contribution < -0.4 is 10.6 Å². The van der Waals surface area contributed by atoms with Crippen molar-refractivity contribution >= 4 is 17.3 Å². The molecule has 0 bridgehead atoms. The predicted octanol–water partition coefficient (Wildman–Crippen LogP) is 4.14. The van der Waals surface area contributed by atoms with Gasteiger partial charge in [-0.3, -0.25) is 14.9 Å². The first-order valence-electron chi connectivity index (χ1n) is 8.58. The third kappa shape index (κ3) is 6.51. The highest BCUT2D eigenvalue weighted by Crippen LogP contribution is 2.15. The van der Waals surface area contributed by atoms with E-state index in [1.165, 1.54) is 36.4 Å². The Bertz CT molecular complexity index is 718. The van der Waals surface area contributed by atoms with Gasteiger partial charge in [-0.15, -0.1) is 0 Å². The Labute approximate surface area is 151 Å². The molecule has 0 fully saturated rings. The Morgan fingerprint density at radius 3 is 2.15 bits per heavy atom. The van der Waals surface area contributed by atoms with Gasteiger partial charge in [-0.1, -0.05) is 12.8 Å². The average Bonchev–Trinajstić information content (AvgIpc) is 2.64. The van der Waals surface area contributed by atoms with Crippen molar-refractivity contribution in [3.8, 4) is 0 Å². The molecule has 1 amide bonds. The smallest absolute Gasteiger partial charge is 0.269 e. The van der Waals surface area contributed by atoms with Gasteiger partial charge in [0.15, 0.2) is 0 Å². The molecule has 26 heavy (non-hydrogen) atoms. The second kappa shape index (κ2) is 10.1. The molecule has 0 heterocycles. The molecule has 6 nitrogen and oxygen atoms in total. The summed E-state index contributed by atoms with van der Waals surface area (Å²) in [5.41, 5.74) is 1.40. The van der Waals surface area contributed by atoms with Crippen molar-refractivity contribution in [1.29, 1.82) is 0 Å². The van der Waals surface area contributed by atoms with Gasteiger partial charge >= 0.3 is 0 Å². The van der Waals surface area contributed by atoms with Gasteiger partial charge < -0.3 is 10.6 Å². The zero-order valence-electron chi connectivity index (χ0n) is 14.4. The van der Waals surface area contributed by atoms with Gasteiger partial charge in [0.1, 0.15) is 5.82 Å². The van der Waals surface area contributed by atoms with E-state index in [-0.39, 0.29) is 17.4 Å². The number of unbranched alkanes of at least 4 members (excludes halogenated alkanes) is 3. The number of halogens is 1. The number of rotatable bonds is 10. The zero-order valence-corrected chi connectivity index (χ0v) is 14.4. The lowest BCUT2D eigenvalue weighted by molar-refractivity contribution is -0.384. The van der Waals surface area contributed by atoms with E-state index in [9.17, 15) is 19.3 Å². The van der Waals surface area contributed by atoms with Crippen molar-refractivity contribution in [2.24, 2.45) is 0 Å². The third-order valence-electron chi connectivity index (χ3n) is 3.90. The zero-order chi connectivity index (χ0) is 18.8. The normalized spacial score (nSPS) is 10.3. The highest BCUT2D eigenvalue weighted by molar-refractivity contribution is 5.94. The fraction of sp³-hybridized carbons (Fsp3) is 0.316. The molecule has 0 saturated heterocycles. The van der Waals surface area contributed by atoms with E-state index in [0.717, 1.165) is 37.9 Å². The van der Waals surface area contributed by atoms with Crippen molar-refractivity contribution < 1.29 is 14.1 Å². The monoisotopic (exact) mass is 359 g/mol. The number of amides is 1. The molecule has 2 aromatic rings. The topological polar surface area (TPSA) is 84.3 Å². The molecule has 0 spiro atoms. The van der Waals surface area contributed by atoms with Crippen LogP contribution in [0, 0.1) is 15.9 Å². The number of carbonyl (C=O) groups is 1. The summed E-state index contributed by atoms with van der Waals surface area (Å²) in [5.74, 6) is -0.547. The Hall–Kier alpha value is -2.96. The van der Waals surface area contributed by atoms with Crippen LogP contribution in [0.4, 0.5) is 15.8 Å². The standard InChI is InChI=1S/C19H22FN3O3/c20-16-7-5-15(6-8-16)19(24)22-14-4-2-1-3-13-21-17-9-11-18(12-10-17)23(25)26/h5-12,21H,1-4,13-14H2,(H,22,24). The Kier molecular flexibility index (Phi) is 7.54. The molecule has 2 N–H and O–H groups in total. The molecule has 138 valence electrons. The molecule has 0 radical (unpaired) electrons. The minimum atomic E-state index is -0.418. The second-order valence-electron chi connectivity index (χ2n) is 5.91. The average molecular weight is 359 g/mol. The molecule has 0 unspecified atom stereocenters. The summed E-state index contributed by atoms with van der Waals surface area (Å²) >= 11 is 0. The van der Waals surface area contributed by atoms with Crippen LogP contribution in [-0.2, 0) is 0 Å². The summed E-state index contributed by atoms with van der Waals surface area (Å²) in [4.78, 5) is 22.0. The van der Waals surface area contributed by atoms with Gasteiger partial charge in [-0.25, -0.2) is 4.39 Å². The van der Waals surface area contributed by atoms with Crippen LogP contribution in [0.1, 0.15) is 36.0 Å². The maximum absolute atomic E-state index is 12.8. The minimum absolute atomic E-state index is 0.0817. The van der Waals surface area contributed by atoms with Crippen molar-refractivity contribution in [2.75, 3.05) is 18.4 Å². The van der Waals surface area contributed by atoms with E-state index < -0.39 is 4.92 Å². The van der Waals surface area contributed by atoms with E-state index in [2.05, 4.69) is 10.6 Å². The van der Waals surface area contributed by atoms with E-state index in [4.69, 9.17) is 0 Å². The second-order valence-corrected chi connectivity index (χ2v) is 5.91. The van der Waals surface area contributed by atoms with Crippen molar-refractivity contribution in [2.45, 2.75) is 25.7 Å². The minimum Gasteiger partial charge on any atom is -0.385 e. The summed E-state index contributed by atoms with van der Waals surface area (Å²) in [6.45, 7) is 1.38.